The van der Waals surface area contributed by atoms with Crippen molar-refractivity contribution in [3.63, 3.8) is 0 Å². The van der Waals surface area contributed by atoms with E-state index in [0.29, 0.717) is 55.0 Å². The van der Waals surface area contributed by atoms with E-state index in [4.69, 9.17) is 14.2 Å². The summed E-state index contributed by atoms with van der Waals surface area (Å²) in [5, 5.41) is 3.66. The van der Waals surface area contributed by atoms with Crippen LogP contribution in [0.15, 0.2) is 42.5 Å². The predicted molar refractivity (Wildman–Crippen MR) is 165 cm³/mol. The summed E-state index contributed by atoms with van der Waals surface area (Å²) in [6.07, 6.45) is 5.73. The molecule has 0 radical (unpaired) electrons. The fraction of sp³-hybridized carbons (Fsp3) is 0.588. The van der Waals surface area contributed by atoms with Crippen LogP contribution in [0.2, 0.25) is 0 Å². The number of nitrogens with zero attached hydrogens (tertiary/aromatic N) is 2. The van der Waals surface area contributed by atoms with Gasteiger partial charge in [0.25, 0.3) is 5.91 Å². The second kappa shape index (κ2) is 16.1. The zero-order valence-electron chi connectivity index (χ0n) is 26.1. The van der Waals surface area contributed by atoms with Gasteiger partial charge in [0.1, 0.15) is 6.67 Å². The van der Waals surface area contributed by atoms with Crippen LogP contribution in [0.3, 0.4) is 0 Å². The molecule has 2 aromatic carbocycles. The fourth-order valence-corrected chi connectivity index (χ4v) is 5.98. The van der Waals surface area contributed by atoms with Gasteiger partial charge in [-0.2, -0.15) is 0 Å². The average Bonchev–Trinajstić information content (AvgIpc) is 3.85. The summed E-state index contributed by atoms with van der Waals surface area (Å²) in [7, 11) is 3.25. The smallest absolute Gasteiger partial charge is 0.254 e. The Morgan fingerprint density at radius 1 is 0.977 bits per heavy atom. The summed E-state index contributed by atoms with van der Waals surface area (Å²) >= 11 is 0. The third-order valence-electron chi connectivity index (χ3n) is 8.47. The Kier molecular flexibility index (Phi) is 12.2. The molecule has 1 aliphatic heterocycles. The lowest BCUT2D eigenvalue weighted by Crippen LogP contribution is -2.54. The van der Waals surface area contributed by atoms with Gasteiger partial charge in [0, 0.05) is 63.0 Å². The first kappa shape index (κ1) is 32.7. The number of hydrogen-bond donors (Lipinski definition) is 1. The zero-order valence-corrected chi connectivity index (χ0v) is 26.1. The molecule has 0 bridgehead atoms. The van der Waals surface area contributed by atoms with Gasteiger partial charge < -0.3 is 29.3 Å². The first-order valence-electron chi connectivity index (χ1n) is 15.6. The topological polar surface area (TPSA) is 80.3 Å². The minimum atomic E-state index is -0.557. The Morgan fingerprint density at radius 2 is 1.72 bits per heavy atom. The van der Waals surface area contributed by atoms with Crippen molar-refractivity contribution in [3.05, 3.63) is 59.2 Å². The highest BCUT2D eigenvalue weighted by Gasteiger charge is 2.35. The minimum absolute atomic E-state index is 0.0243. The molecule has 2 amide bonds. The van der Waals surface area contributed by atoms with Gasteiger partial charge in [-0.25, -0.2) is 4.39 Å². The lowest BCUT2D eigenvalue weighted by Gasteiger charge is -2.40. The molecule has 1 N–H and O–H groups in total. The van der Waals surface area contributed by atoms with Crippen LogP contribution in [-0.4, -0.2) is 86.3 Å². The number of halogens is 1. The van der Waals surface area contributed by atoms with Crippen LogP contribution in [0.4, 0.5) is 4.39 Å². The van der Waals surface area contributed by atoms with Gasteiger partial charge in [0.05, 0.1) is 20.1 Å². The summed E-state index contributed by atoms with van der Waals surface area (Å²) in [5.41, 5.74) is 1.95. The highest BCUT2D eigenvalue weighted by molar-refractivity contribution is 5.95. The first-order chi connectivity index (χ1) is 20.9. The molecular formula is C34H48FN3O5. The second-order valence-corrected chi connectivity index (χ2v) is 11.9. The zero-order chi connectivity index (χ0) is 30.8. The molecular weight excluding hydrogens is 549 g/mol. The highest BCUT2D eigenvalue weighted by Crippen LogP contribution is 2.31. The number of rotatable bonds is 16. The third kappa shape index (κ3) is 8.92. The molecule has 8 nitrogen and oxygen atoms in total. The molecule has 2 atom stereocenters. The number of carbonyl (C=O) groups excluding carboxylic acids is 2. The summed E-state index contributed by atoms with van der Waals surface area (Å²) in [4.78, 5) is 31.0. The summed E-state index contributed by atoms with van der Waals surface area (Å²) in [6, 6.07) is 13.3. The molecule has 1 saturated heterocycles. The van der Waals surface area contributed by atoms with Crippen LogP contribution in [0.5, 0.6) is 11.5 Å². The lowest BCUT2D eigenvalue weighted by atomic mass is 9.95. The molecule has 0 aromatic heterocycles. The number of carbonyl (C=O) groups is 2. The van der Waals surface area contributed by atoms with Gasteiger partial charge in [-0.1, -0.05) is 24.3 Å². The van der Waals surface area contributed by atoms with E-state index in [9.17, 15) is 14.0 Å². The third-order valence-corrected chi connectivity index (χ3v) is 8.47. The number of benzene rings is 2. The average molecular weight is 598 g/mol. The largest absolute Gasteiger partial charge is 0.493 e. The number of amides is 2. The maximum Gasteiger partial charge on any atom is 0.254 e. The number of alkyl halides is 1. The molecule has 1 aliphatic carbocycles. The van der Waals surface area contributed by atoms with Crippen LogP contribution in [0.25, 0.3) is 0 Å². The van der Waals surface area contributed by atoms with E-state index < -0.39 is 6.67 Å². The van der Waals surface area contributed by atoms with E-state index in [1.54, 1.807) is 38.5 Å². The van der Waals surface area contributed by atoms with E-state index >= 15 is 0 Å². The van der Waals surface area contributed by atoms with Crippen molar-refractivity contribution in [2.24, 2.45) is 0 Å². The van der Waals surface area contributed by atoms with E-state index in [-0.39, 0.29) is 36.4 Å². The standard InChI is InChI=1S/C34H48FN3O5/c1-24(2)38(34(40)26-10-15-31(42-4)32(20-26)43-19-7-18-41-3)30-12-11-28(36-23-30)16-17-37(29-13-14-29)33(39)21-25-8-5-6-9-27(25)22-35/h5-6,8-10,15,20,24,28-30,36H,7,11-14,16-19,21-23H2,1-4H3/t28-,30-/m1/s1. The van der Waals surface area contributed by atoms with Gasteiger partial charge in [0.2, 0.25) is 5.91 Å². The molecule has 2 aromatic rings. The highest BCUT2D eigenvalue weighted by atomic mass is 19.1. The van der Waals surface area contributed by atoms with Crippen molar-refractivity contribution in [1.82, 2.24) is 15.1 Å². The monoisotopic (exact) mass is 597 g/mol. The minimum Gasteiger partial charge on any atom is -0.493 e. The summed E-state index contributed by atoms with van der Waals surface area (Å²) in [5.74, 6) is 1.20. The van der Waals surface area contributed by atoms with Crippen LogP contribution < -0.4 is 14.8 Å². The van der Waals surface area contributed by atoms with Gasteiger partial charge in [-0.3, -0.25) is 9.59 Å². The molecule has 1 saturated carbocycles. The molecule has 1 heterocycles. The number of ether oxygens (including phenoxy) is 3. The van der Waals surface area contributed by atoms with Crippen molar-refractivity contribution < 1.29 is 28.2 Å². The van der Waals surface area contributed by atoms with Crippen molar-refractivity contribution in [2.75, 3.05) is 40.5 Å². The Hall–Kier alpha value is -3.17. The maximum absolute atomic E-state index is 13.8. The molecule has 2 fully saturated rings. The van der Waals surface area contributed by atoms with Crippen molar-refractivity contribution in [1.29, 1.82) is 0 Å². The van der Waals surface area contributed by atoms with Crippen molar-refractivity contribution in [2.45, 2.75) is 89.6 Å². The Bertz CT molecular complexity index is 1200. The SMILES string of the molecule is COCCCOc1cc(C(=O)N(C(C)C)[C@@H]2CC[C@H](CCN(C(=O)Cc3ccccc3CF)C3CC3)NC2)ccc1OC. The quantitative estimate of drug-likeness (QED) is 0.269. The molecule has 236 valence electrons. The van der Waals surface area contributed by atoms with E-state index in [1.807, 2.05) is 28.0 Å². The van der Waals surface area contributed by atoms with E-state index in [2.05, 4.69) is 19.2 Å². The van der Waals surface area contributed by atoms with Crippen LogP contribution in [0.1, 0.15) is 73.9 Å². The molecule has 2 aliphatic rings. The van der Waals surface area contributed by atoms with Crippen LogP contribution in [0, 0.1) is 0 Å². The number of hydrogen-bond acceptors (Lipinski definition) is 6. The molecule has 9 heteroatoms. The van der Waals surface area contributed by atoms with Crippen molar-refractivity contribution >= 4 is 11.8 Å². The number of methoxy groups -OCH3 is 2. The Balaban J connectivity index is 1.33. The first-order valence-corrected chi connectivity index (χ1v) is 15.6. The summed E-state index contributed by atoms with van der Waals surface area (Å²) in [6.45, 7) is 6.01. The fourth-order valence-electron chi connectivity index (χ4n) is 5.98. The Morgan fingerprint density at radius 3 is 2.35 bits per heavy atom. The summed E-state index contributed by atoms with van der Waals surface area (Å²) < 4.78 is 29.9. The number of piperidine rings is 1. The van der Waals surface area contributed by atoms with Gasteiger partial charge in [-0.15, -0.1) is 0 Å². The van der Waals surface area contributed by atoms with Crippen LogP contribution >= 0.6 is 0 Å². The second-order valence-electron chi connectivity index (χ2n) is 11.9. The van der Waals surface area contributed by atoms with Crippen LogP contribution in [-0.2, 0) is 22.6 Å². The van der Waals surface area contributed by atoms with Gasteiger partial charge in [0.15, 0.2) is 11.5 Å². The molecule has 43 heavy (non-hydrogen) atoms. The lowest BCUT2D eigenvalue weighted by molar-refractivity contribution is -0.131. The molecule has 4 rings (SSSR count). The molecule has 0 spiro atoms. The van der Waals surface area contributed by atoms with Gasteiger partial charge in [-0.05, 0) is 75.3 Å². The van der Waals surface area contributed by atoms with Gasteiger partial charge >= 0.3 is 0 Å². The molecule has 0 unspecified atom stereocenters. The normalized spacial score (nSPS) is 18.4. The van der Waals surface area contributed by atoms with E-state index in [0.717, 1.165) is 44.1 Å². The van der Waals surface area contributed by atoms with E-state index in [1.165, 1.54) is 0 Å². The van der Waals surface area contributed by atoms with Crippen molar-refractivity contribution in [3.8, 4) is 11.5 Å². The predicted octanol–water partition coefficient (Wildman–Crippen LogP) is 5.18. The number of nitrogens with one attached hydrogen (secondary N) is 1. The Labute approximate surface area is 255 Å². The maximum atomic E-state index is 13.8.